The van der Waals surface area contributed by atoms with Crippen molar-refractivity contribution in [3.8, 4) is 0 Å². The molecule has 0 atom stereocenters. The molecule has 54 valence electrons. The number of nitrogens with zero attached hydrogens (tertiary/aromatic N) is 1. The summed E-state index contributed by atoms with van der Waals surface area (Å²) in [5.41, 5.74) is 1.66. The second-order valence-electron chi connectivity index (χ2n) is 2.14. The number of pyridine rings is 1. The molecule has 0 aromatic carbocycles. The van der Waals surface area contributed by atoms with Gasteiger partial charge in [-0.2, -0.15) is 0 Å². The van der Waals surface area contributed by atoms with E-state index < -0.39 is 6.67 Å². The molecule has 0 saturated heterocycles. The van der Waals surface area contributed by atoms with Gasteiger partial charge in [0.15, 0.2) is 0 Å². The number of alkyl halides is 1. The molecule has 0 N–H and O–H groups in total. The molecule has 10 heavy (non-hydrogen) atoms. The van der Waals surface area contributed by atoms with Gasteiger partial charge in [0.25, 0.3) is 0 Å². The Labute approximate surface area is 59.9 Å². The van der Waals surface area contributed by atoms with Gasteiger partial charge in [-0.1, -0.05) is 13.0 Å². The van der Waals surface area contributed by atoms with Crippen LogP contribution in [0.4, 0.5) is 4.39 Å². The summed E-state index contributed by atoms with van der Waals surface area (Å²) in [5.74, 6) is 0. The molecule has 1 rings (SSSR count). The number of aromatic nitrogens is 1. The monoisotopic (exact) mass is 139 g/mol. The lowest BCUT2D eigenvalue weighted by Gasteiger charge is -1.95. The standard InChI is InChI=1S/C8H10FN/c1-2-8-4-3-7(5-9)6-10-8/h3-4,6H,2,5H2,1H3. The third-order valence-corrected chi connectivity index (χ3v) is 1.40. The topological polar surface area (TPSA) is 12.9 Å². The van der Waals surface area contributed by atoms with Gasteiger partial charge in [-0.15, -0.1) is 0 Å². The minimum Gasteiger partial charge on any atom is -0.261 e. The van der Waals surface area contributed by atoms with Crippen molar-refractivity contribution in [2.75, 3.05) is 0 Å². The van der Waals surface area contributed by atoms with E-state index in [0.29, 0.717) is 5.56 Å². The minimum atomic E-state index is -0.420. The van der Waals surface area contributed by atoms with Crippen LogP contribution in [-0.2, 0) is 13.1 Å². The van der Waals surface area contributed by atoms with Crippen LogP contribution in [0.5, 0.6) is 0 Å². The highest BCUT2D eigenvalue weighted by molar-refractivity contribution is 5.12. The number of hydrogen-bond donors (Lipinski definition) is 0. The van der Waals surface area contributed by atoms with E-state index in [1.165, 1.54) is 0 Å². The molecule has 1 heterocycles. The molecule has 0 unspecified atom stereocenters. The van der Waals surface area contributed by atoms with Crippen LogP contribution in [0.25, 0.3) is 0 Å². The largest absolute Gasteiger partial charge is 0.261 e. The van der Waals surface area contributed by atoms with Crippen molar-refractivity contribution < 1.29 is 4.39 Å². The van der Waals surface area contributed by atoms with Crippen molar-refractivity contribution in [2.45, 2.75) is 20.0 Å². The van der Waals surface area contributed by atoms with Gasteiger partial charge >= 0.3 is 0 Å². The average Bonchev–Trinajstić information content (AvgIpc) is 2.05. The van der Waals surface area contributed by atoms with Gasteiger partial charge < -0.3 is 0 Å². The highest BCUT2D eigenvalue weighted by Gasteiger charge is 1.91. The Balaban J connectivity index is 2.80. The molecule has 0 aliphatic carbocycles. The van der Waals surface area contributed by atoms with Crippen LogP contribution in [0.2, 0.25) is 0 Å². The average molecular weight is 139 g/mol. The van der Waals surface area contributed by atoms with Crippen LogP contribution < -0.4 is 0 Å². The fourth-order valence-corrected chi connectivity index (χ4v) is 0.743. The number of hydrogen-bond acceptors (Lipinski definition) is 1. The van der Waals surface area contributed by atoms with Gasteiger partial charge in [0.2, 0.25) is 0 Å². The van der Waals surface area contributed by atoms with Crippen molar-refractivity contribution >= 4 is 0 Å². The molecular weight excluding hydrogens is 129 g/mol. The first-order chi connectivity index (χ1) is 4.86. The predicted molar refractivity (Wildman–Crippen MR) is 38.4 cm³/mol. The Hall–Kier alpha value is -0.920. The molecular formula is C8H10FN. The first kappa shape index (κ1) is 7.19. The van der Waals surface area contributed by atoms with E-state index in [4.69, 9.17) is 0 Å². The van der Waals surface area contributed by atoms with E-state index in [-0.39, 0.29) is 0 Å². The van der Waals surface area contributed by atoms with E-state index in [2.05, 4.69) is 4.98 Å². The van der Waals surface area contributed by atoms with Gasteiger partial charge in [0, 0.05) is 17.5 Å². The van der Waals surface area contributed by atoms with Crippen LogP contribution >= 0.6 is 0 Å². The lowest BCUT2D eigenvalue weighted by Crippen LogP contribution is -1.87. The lowest BCUT2D eigenvalue weighted by atomic mass is 10.2. The smallest absolute Gasteiger partial charge is 0.116 e. The van der Waals surface area contributed by atoms with E-state index in [9.17, 15) is 4.39 Å². The van der Waals surface area contributed by atoms with Gasteiger partial charge in [0.05, 0.1) is 0 Å². The molecule has 0 aliphatic rings. The zero-order valence-electron chi connectivity index (χ0n) is 5.97. The maximum Gasteiger partial charge on any atom is 0.116 e. The van der Waals surface area contributed by atoms with Gasteiger partial charge in [-0.05, 0) is 12.5 Å². The Kier molecular flexibility index (Phi) is 2.37. The highest BCUT2D eigenvalue weighted by atomic mass is 19.1. The van der Waals surface area contributed by atoms with Crippen molar-refractivity contribution in [3.63, 3.8) is 0 Å². The molecule has 1 nitrogen and oxygen atoms in total. The summed E-state index contributed by atoms with van der Waals surface area (Å²) in [6.45, 7) is 1.61. The second-order valence-corrected chi connectivity index (χ2v) is 2.14. The van der Waals surface area contributed by atoms with Crippen molar-refractivity contribution in [2.24, 2.45) is 0 Å². The quantitative estimate of drug-likeness (QED) is 0.611. The van der Waals surface area contributed by atoms with Crippen LogP contribution in [0.1, 0.15) is 18.2 Å². The van der Waals surface area contributed by atoms with Crippen LogP contribution in [0.15, 0.2) is 18.3 Å². The van der Waals surface area contributed by atoms with Crippen LogP contribution in [-0.4, -0.2) is 4.98 Å². The van der Waals surface area contributed by atoms with E-state index in [0.717, 1.165) is 12.1 Å². The van der Waals surface area contributed by atoms with Crippen LogP contribution in [0.3, 0.4) is 0 Å². The number of halogens is 1. The van der Waals surface area contributed by atoms with Crippen molar-refractivity contribution in [1.29, 1.82) is 0 Å². The summed E-state index contributed by atoms with van der Waals surface area (Å²) >= 11 is 0. The molecule has 2 heteroatoms. The molecule has 1 aromatic rings. The van der Waals surface area contributed by atoms with Gasteiger partial charge in [-0.25, -0.2) is 4.39 Å². The second kappa shape index (κ2) is 3.30. The highest BCUT2D eigenvalue weighted by Crippen LogP contribution is 2.01. The predicted octanol–water partition coefficient (Wildman–Crippen LogP) is 2.11. The molecule has 0 radical (unpaired) electrons. The zero-order valence-corrected chi connectivity index (χ0v) is 5.97. The summed E-state index contributed by atoms with van der Waals surface area (Å²) in [4.78, 5) is 4.03. The first-order valence-electron chi connectivity index (χ1n) is 3.36. The summed E-state index contributed by atoms with van der Waals surface area (Å²) in [7, 11) is 0. The normalized spacial score (nSPS) is 9.80. The minimum absolute atomic E-state index is 0.420. The van der Waals surface area contributed by atoms with E-state index in [1.54, 1.807) is 12.3 Å². The fourth-order valence-electron chi connectivity index (χ4n) is 0.743. The Morgan fingerprint density at radius 3 is 2.70 bits per heavy atom. The molecule has 0 bridgehead atoms. The van der Waals surface area contributed by atoms with Crippen molar-refractivity contribution in [3.05, 3.63) is 29.6 Å². The van der Waals surface area contributed by atoms with E-state index >= 15 is 0 Å². The van der Waals surface area contributed by atoms with E-state index in [1.807, 2.05) is 13.0 Å². The van der Waals surface area contributed by atoms with Gasteiger partial charge in [0.1, 0.15) is 6.67 Å². The SMILES string of the molecule is CCc1ccc(CF)cn1. The summed E-state index contributed by atoms with van der Waals surface area (Å²) in [5, 5.41) is 0. The summed E-state index contributed by atoms with van der Waals surface area (Å²) < 4.78 is 11.9. The fraction of sp³-hybridized carbons (Fsp3) is 0.375. The maximum atomic E-state index is 11.9. The molecule has 0 saturated carbocycles. The third kappa shape index (κ3) is 1.53. The summed E-state index contributed by atoms with van der Waals surface area (Å²) in [6, 6.07) is 3.63. The zero-order chi connectivity index (χ0) is 7.40. The maximum absolute atomic E-state index is 11.9. The Bertz CT molecular complexity index is 170. The number of aryl methyl sites for hydroxylation is 1. The molecule has 1 aromatic heterocycles. The molecule has 0 fully saturated rings. The summed E-state index contributed by atoms with van der Waals surface area (Å²) in [6.07, 6.45) is 2.49. The Morgan fingerprint density at radius 2 is 2.30 bits per heavy atom. The molecule has 0 amide bonds. The third-order valence-electron chi connectivity index (χ3n) is 1.40. The number of rotatable bonds is 2. The molecule has 0 aliphatic heterocycles. The molecule has 0 spiro atoms. The van der Waals surface area contributed by atoms with Gasteiger partial charge in [-0.3, -0.25) is 4.98 Å². The van der Waals surface area contributed by atoms with Crippen molar-refractivity contribution in [1.82, 2.24) is 4.98 Å². The van der Waals surface area contributed by atoms with Crippen LogP contribution in [0, 0.1) is 0 Å². The Morgan fingerprint density at radius 1 is 1.50 bits per heavy atom. The lowest BCUT2D eigenvalue weighted by molar-refractivity contribution is 0.484. The first-order valence-corrected chi connectivity index (χ1v) is 3.36.